The average Bonchev–Trinajstić information content (AvgIpc) is 2.83. The molecule has 7 nitrogen and oxygen atoms in total. The quantitative estimate of drug-likeness (QED) is 0.687. The lowest BCUT2D eigenvalue weighted by atomic mass is 9.96. The van der Waals surface area contributed by atoms with Gasteiger partial charge in [0.1, 0.15) is 0 Å². The van der Waals surface area contributed by atoms with Crippen molar-refractivity contribution in [3.63, 3.8) is 0 Å². The summed E-state index contributed by atoms with van der Waals surface area (Å²) in [4.78, 5) is 39.8. The molecule has 2 aliphatic rings. The van der Waals surface area contributed by atoms with E-state index in [1.54, 1.807) is 4.90 Å². The topological polar surface area (TPSA) is 90.5 Å². The van der Waals surface area contributed by atoms with Crippen molar-refractivity contribution in [1.29, 1.82) is 0 Å². The van der Waals surface area contributed by atoms with Crippen molar-refractivity contribution in [2.24, 2.45) is 0 Å². The van der Waals surface area contributed by atoms with Crippen molar-refractivity contribution in [2.75, 3.05) is 19.6 Å². The van der Waals surface area contributed by atoms with Crippen molar-refractivity contribution in [2.45, 2.75) is 76.3 Å². The van der Waals surface area contributed by atoms with Crippen LogP contribution in [0.1, 0.15) is 75.8 Å². The van der Waals surface area contributed by atoms with E-state index in [-0.39, 0.29) is 42.9 Å². The Kier molecular flexibility index (Phi) is 9.18. The molecule has 4 amide bonds. The van der Waals surface area contributed by atoms with Crippen LogP contribution in [0.25, 0.3) is 0 Å². The first-order valence-electron chi connectivity index (χ1n) is 11.8. The fourth-order valence-electron chi connectivity index (χ4n) is 4.51. The van der Waals surface area contributed by atoms with E-state index in [0.29, 0.717) is 13.1 Å². The van der Waals surface area contributed by atoms with E-state index in [4.69, 9.17) is 0 Å². The van der Waals surface area contributed by atoms with Gasteiger partial charge in [0.2, 0.25) is 11.8 Å². The van der Waals surface area contributed by atoms with Gasteiger partial charge in [-0.25, -0.2) is 4.79 Å². The maximum absolute atomic E-state index is 13.2. The molecule has 0 bridgehead atoms. The number of carbonyl (C=O) groups excluding carboxylic acids is 3. The van der Waals surface area contributed by atoms with Crippen LogP contribution in [0.5, 0.6) is 0 Å². The van der Waals surface area contributed by atoms with Crippen LogP contribution in [0.4, 0.5) is 4.79 Å². The van der Waals surface area contributed by atoms with Gasteiger partial charge in [-0.05, 0) is 31.2 Å². The predicted octanol–water partition coefficient (Wildman–Crippen LogP) is 3.27. The van der Waals surface area contributed by atoms with Crippen LogP contribution in [0, 0.1) is 0 Å². The molecular formula is C24H36N4O3. The summed E-state index contributed by atoms with van der Waals surface area (Å²) >= 11 is 0. The molecule has 1 aromatic rings. The van der Waals surface area contributed by atoms with Crippen molar-refractivity contribution < 1.29 is 14.4 Å². The molecule has 1 atom stereocenters. The normalized spacial score (nSPS) is 21.5. The summed E-state index contributed by atoms with van der Waals surface area (Å²) in [6.45, 7) is 1.19. The van der Waals surface area contributed by atoms with E-state index in [0.717, 1.165) is 56.9 Å². The molecule has 0 unspecified atom stereocenters. The Balaban J connectivity index is 1.66. The van der Waals surface area contributed by atoms with E-state index >= 15 is 0 Å². The first-order valence-corrected chi connectivity index (χ1v) is 11.8. The SMILES string of the molecule is O=C1C[C@@H](c2ccccc2)N(C(=O)CNC(=O)NC2CCCCC2)CCCCCCN1. The molecule has 0 aromatic heterocycles. The van der Waals surface area contributed by atoms with E-state index in [1.165, 1.54) is 6.42 Å². The van der Waals surface area contributed by atoms with Gasteiger partial charge in [0.25, 0.3) is 0 Å². The number of urea groups is 1. The van der Waals surface area contributed by atoms with Gasteiger partial charge >= 0.3 is 6.03 Å². The van der Waals surface area contributed by atoms with Crippen LogP contribution in [0.15, 0.2) is 30.3 Å². The Morgan fingerprint density at radius 2 is 1.68 bits per heavy atom. The number of carbonyl (C=O) groups is 3. The maximum Gasteiger partial charge on any atom is 0.315 e. The third kappa shape index (κ3) is 7.56. The Hall–Kier alpha value is -2.57. The lowest BCUT2D eigenvalue weighted by Crippen LogP contribution is -2.48. The minimum Gasteiger partial charge on any atom is -0.356 e. The number of rotatable bonds is 4. The van der Waals surface area contributed by atoms with Gasteiger partial charge in [-0.2, -0.15) is 0 Å². The average molecular weight is 429 g/mol. The molecule has 3 N–H and O–H groups in total. The molecule has 2 fully saturated rings. The monoisotopic (exact) mass is 428 g/mol. The molecule has 31 heavy (non-hydrogen) atoms. The third-order valence-corrected chi connectivity index (χ3v) is 6.25. The Bertz CT molecular complexity index is 719. The summed E-state index contributed by atoms with van der Waals surface area (Å²) in [5.41, 5.74) is 0.942. The molecule has 1 aromatic carbocycles. The summed E-state index contributed by atoms with van der Waals surface area (Å²) in [5.74, 6) is -0.198. The van der Waals surface area contributed by atoms with Gasteiger partial charge in [-0.15, -0.1) is 0 Å². The summed E-state index contributed by atoms with van der Waals surface area (Å²) < 4.78 is 0. The smallest absolute Gasteiger partial charge is 0.315 e. The second-order valence-corrected chi connectivity index (χ2v) is 8.64. The van der Waals surface area contributed by atoms with Crippen molar-refractivity contribution in [3.8, 4) is 0 Å². The number of benzene rings is 1. The van der Waals surface area contributed by atoms with Crippen LogP contribution in [-0.4, -0.2) is 48.4 Å². The lowest BCUT2D eigenvalue weighted by Gasteiger charge is -2.32. The van der Waals surface area contributed by atoms with Gasteiger partial charge < -0.3 is 20.9 Å². The molecule has 3 rings (SSSR count). The number of nitrogens with one attached hydrogen (secondary N) is 3. The van der Waals surface area contributed by atoms with Crippen molar-refractivity contribution >= 4 is 17.8 Å². The lowest BCUT2D eigenvalue weighted by molar-refractivity contribution is -0.134. The molecule has 1 heterocycles. The third-order valence-electron chi connectivity index (χ3n) is 6.25. The van der Waals surface area contributed by atoms with Crippen LogP contribution in [-0.2, 0) is 9.59 Å². The number of hydrogen-bond acceptors (Lipinski definition) is 3. The van der Waals surface area contributed by atoms with E-state index in [2.05, 4.69) is 16.0 Å². The fraction of sp³-hybridized carbons (Fsp3) is 0.625. The maximum atomic E-state index is 13.2. The largest absolute Gasteiger partial charge is 0.356 e. The van der Waals surface area contributed by atoms with Gasteiger partial charge in [-0.3, -0.25) is 9.59 Å². The predicted molar refractivity (Wildman–Crippen MR) is 120 cm³/mol. The first kappa shape index (κ1) is 23.1. The zero-order valence-corrected chi connectivity index (χ0v) is 18.4. The van der Waals surface area contributed by atoms with Crippen LogP contribution < -0.4 is 16.0 Å². The molecule has 1 saturated heterocycles. The van der Waals surface area contributed by atoms with Gasteiger partial charge in [0.15, 0.2) is 0 Å². The van der Waals surface area contributed by atoms with Crippen LogP contribution in [0.3, 0.4) is 0 Å². The Morgan fingerprint density at radius 1 is 0.968 bits per heavy atom. The molecule has 7 heteroatoms. The Morgan fingerprint density at radius 3 is 2.45 bits per heavy atom. The first-order chi connectivity index (χ1) is 15.1. The molecule has 170 valence electrons. The van der Waals surface area contributed by atoms with Crippen molar-refractivity contribution in [1.82, 2.24) is 20.9 Å². The van der Waals surface area contributed by atoms with Crippen LogP contribution in [0.2, 0.25) is 0 Å². The van der Waals surface area contributed by atoms with E-state index < -0.39 is 0 Å². The number of hydrogen-bond donors (Lipinski definition) is 3. The molecule has 1 aliphatic heterocycles. The summed E-state index contributed by atoms with van der Waals surface area (Å²) in [5, 5.41) is 8.71. The highest BCUT2D eigenvalue weighted by molar-refractivity contribution is 5.85. The van der Waals surface area contributed by atoms with Gasteiger partial charge in [0, 0.05) is 19.1 Å². The highest BCUT2D eigenvalue weighted by Gasteiger charge is 2.28. The summed E-state index contributed by atoms with van der Waals surface area (Å²) in [6.07, 6.45) is 9.60. The number of amides is 4. The minimum absolute atomic E-state index is 0.0449. The van der Waals surface area contributed by atoms with Crippen LogP contribution >= 0.6 is 0 Å². The van der Waals surface area contributed by atoms with Gasteiger partial charge in [0.05, 0.1) is 19.0 Å². The molecular weight excluding hydrogens is 392 g/mol. The van der Waals surface area contributed by atoms with E-state index in [1.807, 2.05) is 30.3 Å². The molecule has 1 aliphatic carbocycles. The van der Waals surface area contributed by atoms with E-state index in [9.17, 15) is 14.4 Å². The minimum atomic E-state index is -0.338. The second kappa shape index (κ2) is 12.3. The molecule has 0 spiro atoms. The number of nitrogens with zero attached hydrogens (tertiary/aromatic N) is 1. The standard InChI is InChI=1S/C24H36N4O3/c29-22-17-21(19-11-5-3-6-12-19)28(16-10-2-1-9-15-25-22)23(30)18-26-24(31)27-20-13-7-4-8-14-20/h3,5-6,11-12,20-21H,1-2,4,7-10,13-18H2,(H,25,29)(H2,26,27,31)/t21-/m0/s1. The highest BCUT2D eigenvalue weighted by atomic mass is 16.2. The zero-order valence-electron chi connectivity index (χ0n) is 18.4. The highest BCUT2D eigenvalue weighted by Crippen LogP contribution is 2.26. The summed E-state index contributed by atoms with van der Waals surface area (Å²) in [7, 11) is 0. The van der Waals surface area contributed by atoms with Gasteiger partial charge in [-0.1, -0.05) is 62.4 Å². The fourth-order valence-corrected chi connectivity index (χ4v) is 4.51. The molecule has 0 radical (unpaired) electrons. The van der Waals surface area contributed by atoms with Crippen molar-refractivity contribution in [3.05, 3.63) is 35.9 Å². The molecule has 1 saturated carbocycles. The zero-order chi connectivity index (χ0) is 21.9. The second-order valence-electron chi connectivity index (χ2n) is 8.64. The Labute approximate surface area is 185 Å². The summed E-state index contributed by atoms with van der Waals surface area (Å²) in [6, 6.07) is 9.28.